The molecule has 0 amide bonds. The number of para-hydroxylation sites is 2. The molecule has 0 bridgehead atoms. The van der Waals surface area contributed by atoms with Crippen LogP contribution >= 0.6 is 11.6 Å². The molecule has 284 valence electrons. The molecule has 0 saturated heterocycles. The number of ketones is 4. The third-order valence-electron chi connectivity index (χ3n) is 9.99. The van der Waals surface area contributed by atoms with Crippen molar-refractivity contribution in [3.05, 3.63) is 200 Å². The molecule has 2 aliphatic carbocycles. The molecule has 0 spiro atoms. The smallest absolute Gasteiger partial charge is 0.196 e. The third kappa shape index (κ3) is 6.37. The molecule has 8 N–H and O–H groups in total. The van der Waals surface area contributed by atoms with Crippen LogP contribution in [0.4, 0.5) is 22.7 Å². The predicted octanol–water partition coefficient (Wildman–Crippen LogP) is 9.08. The van der Waals surface area contributed by atoms with Gasteiger partial charge in [-0.15, -0.1) is 0 Å². The van der Waals surface area contributed by atoms with Gasteiger partial charge in [0, 0.05) is 34.2 Å². The summed E-state index contributed by atoms with van der Waals surface area (Å²) in [6.07, 6.45) is 0.398. The van der Waals surface area contributed by atoms with E-state index < -0.39 is 0 Å². The van der Waals surface area contributed by atoms with Gasteiger partial charge in [0.15, 0.2) is 34.6 Å². The van der Waals surface area contributed by atoms with Crippen molar-refractivity contribution in [1.82, 2.24) is 0 Å². The molecule has 10 nitrogen and oxygen atoms in total. The number of hydrogen-bond donors (Lipinski definition) is 4. The lowest BCUT2D eigenvalue weighted by Crippen LogP contribution is -2.25. The van der Waals surface area contributed by atoms with Crippen LogP contribution in [0, 0.1) is 0 Å². The second-order valence-corrected chi connectivity index (χ2v) is 13.9. The Balaban J connectivity index is 0.000000165. The lowest BCUT2D eigenvalue weighted by atomic mass is 9.80. The zero-order chi connectivity index (χ0) is 40.7. The van der Waals surface area contributed by atoms with Crippen molar-refractivity contribution in [2.45, 2.75) is 6.42 Å². The largest absolute Gasteiger partial charge is 0.455 e. The van der Waals surface area contributed by atoms with E-state index in [-0.39, 0.29) is 90.0 Å². The van der Waals surface area contributed by atoms with Gasteiger partial charge in [0.25, 0.3) is 0 Å². The van der Waals surface area contributed by atoms with E-state index in [1.54, 1.807) is 84.9 Å². The Labute approximate surface area is 337 Å². The normalized spacial score (nSPS) is 12.4. The van der Waals surface area contributed by atoms with E-state index in [4.69, 9.17) is 44.0 Å². The fourth-order valence-electron chi connectivity index (χ4n) is 7.20. The van der Waals surface area contributed by atoms with E-state index >= 15 is 0 Å². The number of rotatable bonds is 6. The van der Waals surface area contributed by atoms with Crippen molar-refractivity contribution in [2.75, 3.05) is 22.9 Å². The Kier molecular flexibility index (Phi) is 9.69. The quantitative estimate of drug-likeness (QED) is 0.118. The standard InChI is InChI=1S/C27H20N2O3.C20H13ClN2O3/c28-23-20(15-16-9-3-1-4-10-16)27(32-17-11-5-2-6-12-17)24(29)22-21(23)25(30)18-13-7-8-14-19(18)26(22)31;21-15-16(22)13-14(17(23)20(15)26-10-6-2-1-3-7-10)19(25)12-9-5-4-8-11(12)18(13)24/h1-14H,15,28-29H2;1-9H,22-23H2. The number of benzene rings is 7. The van der Waals surface area contributed by atoms with Crippen LogP contribution in [-0.4, -0.2) is 23.1 Å². The Bertz CT molecular complexity index is 2720. The van der Waals surface area contributed by atoms with Crippen molar-refractivity contribution in [2.24, 2.45) is 0 Å². The lowest BCUT2D eigenvalue weighted by Gasteiger charge is -2.25. The van der Waals surface area contributed by atoms with Crippen molar-refractivity contribution in [3.8, 4) is 23.0 Å². The summed E-state index contributed by atoms with van der Waals surface area (Å²) in [7, 11) is 0. The first-order valence-corrected chi connectivity index (χ1v) is 18.4. The molecule has 7 aromatic carbocycles. The Morgan fingerprint density at radius 2 is 0.724 bits per heavy atom. The Hall–Kier alpha value is -7.69. The zero-order valence-electron chi connectivity index (χ0n) is 30.6. The summed E-state index contributed by atoms with van der Waals surface area (Å²) in [5.74, 6) is 0.00912. The monoisotopic (exact) mass is 784 g/mol. The van der Waals surface area contributed by atoms with Crippen LogP contribution in [0.5, 0.6) is 23.0 Å². The fourth-order valence-corrected chi connectivity index (χ4v) is 7.43. The number of halogens is 1. The molecule has 7 aromatic rings. The molecule has 2 aliphatic rings. The molecule has 0 saturated carbocycles. The highest BCUT2D eigenvalue weighted by atomic mass is 35.5. The highest BCUT2D eigenvalue weighted by Gasteiger charge is 2.38. The minimum absolute atomic E-state index is 0.00379. The maximum absolute atomic E-state index is 13.4. The Morgan fingerprint density at radius 3 is 1.16 bits per heavy atom. The molecule has 9 rings (SSSR count). The maximum atomic E-state index is 13.4. The topological polar surface area (TPSA) is 191 Å². The first-order valence-electron chi connectivity index (χ1n) is 18.1. The number of nitrogens with two attached hydrogens (primary N) is 4. The second-order valence-electron chi connectivity index (χ2n) is 13.5. The Morgan fingerprint density at radius 1 is 0.397 bits per heavy atom. The number of carbonyl (C=O) groups excluding carboxylic acids is 4. The lowest BCUT2D eigenvalue weighted by molar-refractivity contribution is 0.0980. The van der Waals surface area contributed by atoms with Gasteiger partial charge in [-0.25, -0.2) is 0 Å². The van der Waals surface area contributed by atoms with Gasteiger partial charge in [-0.2, -0.15) is 0 Å². The fraction of sp³-hybridized carbons (Fsp3) is 0.0213. The summed E-state index contributed by atoms with van der Waals surface area (Å²) in [5.41, 5.74) is 28.8. The van der Waals surface area contributed by atoms with Crippen LogP contribution < -0.4 is 32.4 Å². The number of carbonyl (C=O) groups is 4. The van der Waals surface area contributed by atoms with Gasteiger partial charge in [-0.05, 0) is 29.8 Å². The third-order valence-corrected chi connectivity index (χ3v) is 10.4. The van der Waals surface area contributed by atoms with Gasteiger partial charge in [0.05, 0.1) is 45.0 Å². The summed E-state index contributed by atoms with van der Waals surface area (Å²) in [6, 6.07) is 40.9. The molecule has 0 aliphatic heterocycles. The van der Waals surface area contributed by atoms with Crippen LogP contribution in [0.25, 0.3) is 0 Å². The molecule has 0 aromatic heterocycles. The number of anilines is 4. The molecule has 0 fully saturated rings. The predicted molar refractivity (Wildman–Crippen MR) is 224 cm³/mol. The average molecular weight is 785 g/mol. The van der Waals surface area contributed by atoms with E-state index in [0.717, 1.165) is 5.56 Å². The highest BCUT2D eigenvalue weighted by Crippen LogP contribution is 2.48. The van der Waals surface area contributed by atoms with Crippen LogP contribution in [0.2, 0.25) is 5.02 Å². The summed E-state index contributed by atoms with van der Waals surface area (Å²) in [6.45, 7) is 0. The highest BCUT2D eigenvalue weighted by molar-refractivity contribution is 6.40. The van der Waals surface area contributed by atoms with Crippen molar-refractivity contribution >= 4 is 57.5 Å². The maximum Gasteiger partial charge on any atom is 0.196 e. The molecule has 58 heavy (non-hydrogen) atoms. The van der Waals surface area contributed by atoms with Gasteiger partial charge >= 0.3 is 0 Å². The van der Waals surface area contributed by atoms with Gasteiger partial charge in [0.1, 0.15) is 16.5 Å². The summed E-state index contributed by atoms with van der Waals surface area (Å²) >= 11 is 6.33. The van der Waals surface area contributed by atoms with E-state index in [0.29, 0.717) is 40.4 Å². The summed E-state index contributed by atoms with van der Waals surface area (Å²) in [4.78, 5) is 52.5. The summed E-state index contributed by atoms with van der Waals surface area (Å²) < 4.78 is 11.9. The van der Waals surface area contributed by atoms with Crippen molar-refractivity contribution in [1.29, 1.82) is 0 Å². The average Bonchev–Trinajstić information content (AvgIpc) is 3.25. The van der Waals surface area contributed by atoms with Gasteiger partial charge < -0.3 is 32.4 Å². The minimum atomic E-state index is -0.382. The van der Waals surface area contributed by atoms with Crippen LogP contribution in [0.15, 0.2) is 140 Å². The van der Waals surface area contributed by atoms with Crippen LogP contribution in [0.1, 0.15) is 74.8 Å². The minimum Gasteiger partial charge on any atom is -0.455 e. The van der Waals surface area contributed by atoms with Crippen molar-refractivity contribution in [3.63, 3.8) is 0 Å². The van der Waals surface area contributed by atoms with Gasteiger partial charge in [0.2, 0.25) is 0 Å². The molecule has 0 atom stereocenters. The first-order chi connectivity index (χ1) is 28.1. The number of nitrogen functional groups attached to an aromatic ring is 4. The number of fused-ring (bicyclic) bond motifs is 4. The van der Waals surface area contributed by atoms with Crippen LogP contribution in [-0.2, 0) is 6.42 Å². The van der Waals surface area contributed by atoms with Crippen LogP contribution in [0.3, 0.4) is 0 Å². The van der Waals surface area contributed by atoms with E-state index in [1.807, 2.05) is 54.6 Å². The SMILES string of the molecule is Nc1c(Cc2ccccc2)c(Oc2ccccc2)c(N)c2c1C(=O)c1ccccc1C2=O.Nc1c(Cl)c(Oc2ccccc2)c(N)c2c1C(=O)c1ccccc1C2=O. The van der Waals surface area contributed by atoms with E-state index in [9.17, 15) is 19.2 Å². The first kappa shape index (κ1) is 37.2. The molecule has 0 unspecified atom stereocenters. The molecule has 0 radical (unpaired) electrons. The number of ether oxygens (including phenoxy) is 2. The van der Waals surface area contributed by atoms with Gasteiger partial charge in [-0.1, -0.05) is 127 Å². The zero-order valence-corrected chi connectivity index (χ0v) is 31.4. The second kappa shape index (κ2) is 15.1. The summed E-state index contributed by atoms with van der Waals surface area (Å²) in [5, 5.41) is 0.00522. The molecule has 11 heteroatoms. The molecular formula is C47H33ClN4O6. The van der Waals surface area contributed by atoms with E-state index in [1.165, 1.54) is 0 Å². The van der Waals surface area contributed by atoms with Gasteiger partial charge in [-0.3, -0.25) is 19.2 Å². The van der Waals surface area contributed by atoms with E-state index in [2.05, 4.69) is 0 Å². The molecule has 0 heterocycles. The molecular weight excluding hydrogens is 752 g/mol. The number of hydrogen-bond acceptors (Lipinski definition) is 10. The van der Waals surface area contributed by atoms with Crippen molar-refractivity contribution < 1.29 is 28.7 Å².